The third-order valence-corrected chi connectivity index (χ3v) is 6.67. The minimum Gasteiger partial charge on any atom is -0.336 e. The quantitative estimate of drug-likeness (QED) is 0.440. The van der Waals surface area contributed by atoms with Gasteiger partial charge in [-0.1, -0.05) is 91.3 Å². The number of hydrogen-bond donors (Lipinski definition) is 1. The number of nitrogens with zero attached hydrogens (tertiary/aromatic N) is 2. The zero-order valence-corrected chi connectivity index (χ0v) is 20.4. The summed E-state index contributed by atoms with van der Waals surface area (Å²) in [5.41, 5.74) is 1.52. The maximum absolute atomic E-state index is 13.5. The summed E-state index contributed by atoms with van der Waals surface area (Å²) in [5, 5.41) is 3.37. The molecule has 3 aromatic carbocycles. The lowest BCUT2D eigenvalue weighted by Crippen LogP contribution is -2.45. The normalized spacial score (nSPS) is 17.4. The lowest BCUT2D eigenvalue weighted by atomic mass is 9.87. The van der Waals surface area contributed by atoms with E-state index >= 15 is 0 Å². The van der Waals surface area contributed by atoms with E-state index in [2.05, 4.69) is 5.32 Å². The predicted molar refractivity (Wildman–Crippen MR) is 136 cm³/mol. The van der Waals surface area contributed by atoms with Gasteiger partial charge in [-0.05, 0) is 41.7 Å². The Labute approximate surface area is 210 Å². The van der Waals surface area contributed by atoms with E-state index in [0.29, 0.717) is 36.5 Å². The van der Waals surface area contributed by atoms with E-state index in [1.807, 2.05) is 67.6 Å². The van der Waals surface area contributed by atoms with Crippen molar-refractivity contribution in [2.24, 2.45) is 0 Å². The summed E-state index contributed by atoms with van der Waals surface area (Å²) in [6.07, 6.45) is 1.02. The number of hydrogen-bond acceptors (Lipinski definition) is 3. The van der Waals surface area contributed by atoms with Gasteiger partial charge in [0.05, 0.1) is 0 Å². The monoisotopic (exact) mass is 489 g/mol. The first-order chi connectivity index (χ1) is 16.9. The minimum absolute atomic E-state index is 0.281. The Kier molecular flexibility index (Phi) is 7.51. The van der Waals surface area contributed by atoms with Crippen LogP contribution in [0.2, 0.25) is 5.02 Å². The van der Waals surface area contributed by atoms with Crippen LogP contribution in [0.15, 0.2) is 84.9 Å². The summed E-state index contributed by atoms with van der Waals surface area (Å²) in [4.78, 5) is 42.5. The van der Waals surface area contributed by atoms with Gasteiger partial charge in [-0.25, -0.2) is 4.79 Å². The summed E-state index contributed by atoms with van der Waals surface area (Å²) in [7, 11) is 0. The van der Waals surface area contributed by atoms with E-state index in [0.717, 1.165) is 16.0 Å². The molecular formula is C28H28ClN3O3. The van der Waals surface area contributed by atoms with Crippen molar-refractivity contribution >= 4 is 29.4 Å². The lowest BCUT2D eigenvalue weighted by Gasteiger charge is -2.27. The summed E-state index contributed by atoms with van der Waals surface area (Å²) in [5.74, 6) is -0.709. The average Bonchev–Trinajstić information content (AvgIpc) is 3.13. The highest BCUT2D eigenvalue weighted by atomic mass is 35.5. The van der Waals surface area contributed by atoms with Crippen molar-refractivity contribution in [1.29, 1.82) is 0 Å². The van der Waals surface area contributed by atoms with Crippen LogP contribution >= 0.6 is 11.6 Å². The maximum atomic E-state index is 13.5. The lowest BCUT2D eigenvalue weighted by molar-refractivity contribution is -0.139. The molecule has 35 heavy (non-hydrogen) atoms. The van der Waals surface area contributed by atoms with Gasteiger partial charge in [-0.3, -0.25) is 14.5 Å². The smallest absolute Gasteiger partial charge is 0.325 e. The summed E-state index contributed by atoms with van der Waals surface area (Å²) in [6.45, 7) is 2.38. The van der Waals surface area contributed by atoms with E-state index in [1.54, 1.807) is 29.2 Å². The number of nitrogens with one attached hydrogen (secondary N) is 1. The Morgan fingerprint density at radius 3 is 2.11 bits per heavy atom. The molecule has 180 valence electrons. The topological polar surface area (TPSA) is 69.7 Å². The molecule has 0 saturated carbocycles. The molecule has 0 radical (unpaired) electrons. The standard InChI is InChI=1S/C28H28ClN3O3/c1-2-28(23-13-15-24(29)16-14-23)26(34)32(27(35)30-28)20-25(33)31(19-22-11-7-4-8-12-22)18-17-21-9-5-3-6-10-21/h3-16H,2,17-20H2,1H3,(H,30,35). The van der Waals surface area contributed by atoms with Crippen molar-refractivity contribution in [2.45, 2.75) is 31.8 Å². The number of rotatable bonds is 9. The van der Waals surface area contributed by atoms with Crippen LogP contribution < -0.4 is 5.32 Å². The fraction of sp³-hybridized carbons (Fsp3) is 0.250. The Balaban J connectivity index is 1.53. The first-order valence-electron chi connectivity index (χ1n) is 11.7. The van der Waals surface area contributed by atoms with Crippen LogP contribution in [0.4, 0.5) is 4.79 Å². The average molecular weight is 490 g/mol. The molecule has 1 heterocycles. The predicted octanol–water partition coefficient (Wildman–Crippen LogP) is 4.77. The molecular weight excluding hydrogens is 462 g/mol. The molecule has 6 nitrogen and oxygen atoms in total. The van der Waals surface area contributed by atoms with E-state index in [9.17, 15) is 14.4 Å². The molecule has 1 unspecified atom stereocenters. The second-order valence-corrected chi connectivity index (χ2v) is 9.06. The second-order valence-electron chi connectivity index (χ2n) is 8.62. The van der Waals surface area contributed by atoms with Crippen LogP contribution in [0.5, 0.6) is 0 Å². The first kappa shape index (κ1) is 24.5. The van der Waals surface area contributed by atoms with Crippen LogP contribution in [0.3, 0.4) is 0 Å². The second kappa shape index (κ2) is 10.7. The van der Waals surface area contributed by atoms with Gasteiger partial charge in [0.15, 0.2) is 0 Å². The van der Waals surface area contributed by atoms with E-state index in [1.165, 1.54) is 0 Å². The zero-order valence-electron chi connectivity index (χ0n) is 19.6. The molecule has 7 heteroatoms. The van der Waals surface area contributed by atoms with Gasteiger partial charge in [0.25, 0.3) is 5.91 Å². The van der Waals surface area contributed by atoms with Gasteiger partial charge in [-0.15, -0.1) is 0 Å². The number of amides is 4. The van der Waals surface area contributed by atoms with Gasteiger partial charge < -0.3 is 10.2 Å². The summed E-state index contributed by atoms with van der Waals surface area (Å²) >= 11 is 6.01. The summed E-state index contributed by atoms with van der Waals surface area (Å²) in [6, 6.07) is 25.9. The molecule has 1 atom stereocenters. The largest absolute Gasteiger partial charge is 0.336 e. The van der Waals surface area contributed by atoms with E-state index in [-0.39, 0.29) is 12.5 Å². The third kappa shape index (κ3) is 5.38. The highest BCUT2D eigenvalue weighted by Gasteiger charge is 2.51. The summed E-state index contributed by atoms with van der Waals surface area (Å²) < 4.78 is 0. The number of halogens is 1. The molecule has 0 aliphatic carbocycles. The molecule has 0 spiro atoms. The van der Waals surface area contributed by atoms with Crippen molar-refractivity contribution in [3.8, 4) is 0 Å². The highest BCUT2D eigenvalue weighted by Crippen LogP contribution is 2.33. The van der Waals surface area contributed by atoms with Crippen LogP contribution in [-0.2, 0) is 28.1 Å². The third-order valence-electron chi connectivity index (χ3n) is 6.42. The number of imide groups is 1. The van der Waals surface area contributed by atoms with Gasteiger partial charge >= 0.3 is 6.03 Å². The number of carbonyl (C=O) groups excluding carboxylic acids is 3. The first-order valence-corrected chi connectivity index (χ1v) is 12.1. The van der Waals surface area contributed by atoms with Gasteiger partial charge in [0, 0.05) is 18.1 Å². The molecule has 1 aliphatic heterocycles. The molecule has 3 aromatic rings. The van der Waals surface area contributed by atoms with Crippen LogP contribution in [-0.4, -0.2) is 40.7 Å². The SMILES string of the molecule is CCC1(c2ccc(Cl)cc2)NC(=O)N(CC(=O)N(CCc2ccccc2)Cc2ccccc2)C1=O. The molecule has 1 N–H and O–H groups in total. The van der Waals surface area contributed by atoms with Crippen LogP contribution in [0.1, 0.15) is 30.0 Å². The Morgan fingerprint density at radius 2 is 1.51 bits per heavy atom. The Bertz CT molecular complexity index is 1190. The van der Waals surface area contributed by atoms with E-state index in [4.69, 9.17) is 11.6 Å². The van der Waals surface area contributed by atoms with Crippen molar-refractivity contribution < 1.29 is 14.4 Å². The Hall–Kier alpha value is -3.64. The fourth-order valence-electron chi connectivity index (χ4n) is 4.38. The number of benzene rings is 3. The van der Waals surface area contributed by atoms with Crippen molar-refractivity contribution in [3.05, 3.63) is 107 Å². The molecule has 0 aromatic heterocycles. The van der Waals surface area contributed by atoms with Crippen molar-refractivity contribution in [2.75, 3.05) is 13.1 Å². The molecule has 1 fully saturated rings. The molecule has 0 bridgehead atoms. The maximum Gasteiger partial charge on any atom is 0.325 e. The van der Waals surface area contributed by atoms with Crippen molar-refractivity contribution in [3.63, 3.8) is 0 Å². The molecule has 4 rings (SSSR count). The van der Waals surface area contributed by atoms with Gasteiger partial charge in [-0.2, -0.15) is 0 Å². The molecule has 1 aliphatic rings. The Morgan fingerprint density at radius 1 is 0.914 bits per heavy atom. The van der Waals surface area contributed by atoms with Gasteiger partial charge in [0.2, 0.25) is 5.91 Å². The van der Waals surface area contributed by atoms with Gasteiger partial charge in [0.1, 0.15) is 12.1 Å². The van der Waals surface area contributed by atoms with E-state index < -0.39 is 17.5 Å². The van der Waals surface area contributed by atoms with Crippen LogP contribution in [0, 0.1) is 0 Å². The minimum atomic E-state index is -1.21. The highest BCUT2D eigenvalue weighted by molar-refractivity contribution is 6.30. The zero-order chi connectivity index (χ0) is 24.8. The number of carbonyl (C=O) groups is 3. The number of urea groups is 1. The van der Waals surface area contributed by atoms with Crippen LogP contribution in [0.25, 0.3) is 0 Å². The fourth-order valence-corrected chi connectivity index (χ4v) is 4.51. The van der Waals surface area contributed by atoms with Crippen molar-refractivity contribution in [1.82, 2.24) is 15.1 Å². The molecule has 4 amide bonds. The molecule has 1 saturated heterocycles.